The molecule has 1 fully saturated rings. The van der Waals surface area contributed by atoms with Crippen molar-refractivity contribution in [2.45, 2.75) is 32.5 Å². The van der Waals surface area contributed by atoms with Gasteiger partial charge in [0.15, 0.2) is 0 Å². The highest BCUT2D eigenvalue weighted by molar-refractivity contribution is 5.80. The normalized spacial score (nSPS) is 20.9. The van der Waals surface area contributed by atoms with Gasteiger partial charge in [-0.15, -0.1) is 0 Å². The molecule has 0 spiro atoms. The van der Waals surface area contributed by atoms with E-state index < -0.39 is 0 Å². The lowest BCUT2D eigenvalue weighted by Crippen LogP contribution is -2.47. The molecule has 0 radical (unpaired) electrons. The molecule has 2 heterocycles. The molecule has 0 aliphatic carbocycles. The molecule has 1 aromatic heterocycles. The molecule has 0 saturated carbocycles. The summed E-state index contributed by atoms with van der Waals surface area (Å²) >= 11 is 0. The predicted molar refractivity (Wildman–Crippen MR) is 78.3 cm³/mol. The Hall–Kier alpha value is -1.39. The molecule has 4 heteroatoms. The van der Waals surface area contributed by atoms with Crippen LogP contribution in [0.25, 0.3) is 10.9 Å². The van der Waals surface area contributed by atoms with Crippen LogP contribution in [0.15, 0.2) is 30.5 Å². The zero-order valence-corrected chi connectivity index (χ0v) is 12.1. The number of morpholine rings is 1. The van der Waals surface area contributed by atoms with E-state index in [0.717, 1.165) is 37.1 Å². The lowest BCUT2D eigenvalue weighted by Gasteiger charge is -2.35. The van der Waals surface area contributed by atoms with E-state index in [1.54, 1.807) is 6.07 Å². The number of aromatic nitrogens is 1. The fraction of sp³-hybridized carbons (Fsp3) is 0.500. The lowest BCUT2D eigenvalue weighted by atomic mass is 10.2. The first-order valence-corrected chi connectivity index (χ1v) is 7.23. The van der Waals surface area contributed by atoms with E-state index in [2.05, 4.69) is 23.3 Å². The van der Waals surface area contributed by atoms with Crippen LogP contribution >= 0.6 is 0 Å². The van der Waals surface area contributed by atoms with Gasteiger partial charge in [-0.05, 0) is 38.1 Å². The van der Waals surface area contributed by atoms with Crippen molar-refractivity contribution in [2.75, 3.05) is 19.7 Å². The average molecular weight is 276 g/mol. The topological polar surface area (TPSA) is 17.4 Å². The van der Waals surface area contributed by atoms with E-state index in [-0.39, 0.29) is 11.9 Å². The molecule has 1 atom stereocenters. The second kappa shape index (κ2) is 5.54. The second-order valence-corrected chi connectivity index (χ2v) is 5.75. The van der Waals surface area contributed by atoms with E-state index in [1.165, 1.54) is 6.07 Å². The molecular weight excluding hydrogens is 255 g/mol. The molecule has 1 aromatic carbocycles. The summed E-state index contributed by atoms with van der Waals surface area (Å²) < 4.78 is 21.2. The molecule has 1 aliphatic rings. The summed E-state index contributed by atoms with van der Waals surface area (Å²) in [7, 11) is 0. The highest BCUT2D eigenvalue weighted by Crippen LogP contribution is 2.19. The summed E-state index contributed by atoms with van der Waals surface area (Å²) in [5.74, 6) is -0.185. The number of halogens is 1. The highest BCUT2D eigenvalue weighted by Gasteiger charge is 2.22. The van der Waals surface area contributed by atoms with E-state index >= 15 is 0 Å². The molecule has 0 amide bonds. The minimum Gasteiger partial charge on any atom is -0.374 e. The zero-order chi connectivity index (χ0) is 14.1. The molecule has 20 heavy (non-hydrogen) atoms. The third-order valence-electron chi connectivity index (χ3n) is 4.03. The summed E-state index contributed by atoms with van der Waals surface area (Å²) in [5.41, 5.74) is 1.07. The molecule has 1 saturated heterocycles. The van der Waals surface area contributed by atoms with Crippen LogP contribution in [0.5, 0.6) is 0 Å². The molecule has 2 aromatic rings. The van der Waals surface area contributed by atoms with Gasteiger partial charge in [0.1, 0.15) is 5.82 Å². The Morgan fingerprint density at radius 1 is 1.35 bits per heavy atom. The summed E-state index contributed by atoms with van der Waals surface area (Å²) in [6.07, 6.45) is 2.22. The van der Waals surface area contributed by atoms with Crippen LogP contribution in [-0.4, -0.2) is 41.3 Å². The van der Waals surface area contributed by atoms with Crippen LogP contribution in [-0.2, 0) is 11.3 Å². The highest BCUT2D eigenvalue weighted by atomic mass is 19.1. The third-order valence-corrected chi connectivity index (χ3v) is 4.03. The van der Waals surface area contributed by atoms with E-state index in [4.69, 9.17) is 4.74 Å². The van der Waals surface area contributed by atoms with Gasteiger partial charge in [0, 0.05) is 36.2 Å². The molecule has 1 aliphatic heterocycles. The molecule has 3 rings (SSSR count). The minimum atomic E-state index is -0.185. The largest absolute Gasteiger partial charge is 0.374 e. The maximum absolute atomic E-state index is 13.2. The Morgan fingerprint density at radius 2 is 2.20 bits per heavy atom. The second-order valence-electron chi connectivity index (χ2n) is 5.75. The number of hydrogen-bond acceptors (Lipinski definition) is 2. The molecule has 108 valence electrons. The number of fused-ring (bicyclic) bond motifs is 1. The van der Waals surface area contributed by atoms with E-state index in [0.29, 0.717) is 6.04 Å². The van der Waals surface area contributed by atoms with Gasteiger partial charge in [0.05, 0.1) is 19.3 Å². The van der Waals surface area contributed by atoms with Crippen molar-refractivity contribution in [3.8, 4) is 0 Å². The number of ether oxygens (including phenoxy) is 1. The number of nitrogens with zero attached hydrogens (tertiary/aromatic N) is 2. The van der Waals surface area contributed by atoms with Gasteiger partial charge >= 0.3 is 0 Å². The molecule has 0 bridgehead atoms. The van der Waals surface area contributed by atoms with E-state index in [1.807, 2.05) is 18.3 Å². The first kappa shape index (κ1) is 13.6. The molecule has 3 nitrogen and oxygen atoms in total. The Morgan fingerprint density at radius 3 is 3.00 bits per heavy atom. The zero-order valence-electron chi connectivity index (χ0n) is 12.1. The number of rotatable bonds is 3. The Balaban J connectivity index is 1.76. The van der Waals surface area contributed by atoms with Gasteiger partial charge < -0.3 is 9.30 Å². The smallest absolute Gasteiger partial charge is 0.123 e. The summed E-state index contributed by atoms with van der Waals surface area (Å²) in [6, 6.07) is 7.45. The quantitative estimate of drug-likeness (QED) is 0.857. The van der Waals surface area contributed by atoms with Crippen LogP contribution in [0.4, 0.5) is 4.39 Å². The average Bonchev–Trinajstić information content (AvgIpc) is 2.81. The van der Waals surface area contributed by atoms with Gasteiger partial charge in [0.25, 0.3) is 0 Å². The first-order chi connectivity index (χ1) is 9.63. The SMILES string of the molecule is CC(C)N1CCOC(Cn2ccc3cc(F)ccc32)C1. The first-order valence-electron chi connectivity index (χ1n) is 7.23. The molecular formula is C16H21FN2O. The third kappa shape index (κ3) is 2.72. The van der Waals surface area contributed by atoms with Gasteiger partial charge in [-0.25, -0.2) is 4.39 Å². The monoisotopic (exact) mass is 276 g/mol. The van der Waals surface area contributed by atoms with Crippen molar-refractivity contribution < 1.29 is 9.13 Å². The fourth-order valence-electron chi connectivity index (χ4n) is 2.87. The van der Waals surface area contributed by atoms with Gasteiger partial charge in [0.2, 0.25) is 0 Å². The maximum atomic E-state index is 13.2. The van der Waals surface area contributed by atoms with Crippen molar-refractivity contribution in [1.82, 2.24) is 9.47 Å². The fourth-order valence-corrected chi connectivity index (χ4v) is 2.87. The number of hydrogen-bond donors (Lipinski definition) is 0. The lowest BCUT2D eigenvalue weighted by molar-refractivity contribution is -0.0451. The standard InChI is InChI=1S/C16H21FN2O/c1-12(2)18-7-8-20-15(10-18)11-19-6-5-13-9-14(17)3-4-16(13)19/h3-6,9,12,15H,7-8,10-11H2,1-2H3. The summed E-state index contributed by atoms with van der Waals surface area (Å²) in [4.78, 5) is 2.44. The van der Waals surface area contributed by atoms with Crippen LogP contribution in [0.2, 0.25) is 0 Å². The van der Waals surface area contributed by atoms with Crippen LogP contribution < -0.4 is 0 Å². The molecule has 0 N–H and O–H groups in total. The summed E-state index contributed by atoms with van der Waals surface area (Å²) in [6.45, 7) is 8.01. The van der Waals surface area contributed by atoms with Gasteiger partial charge in [-0.2, -0.15) is 0 Å². The van der Waals surface area contributed by atoms with Gasteiger partial charge in [-0.1, -0.05) is 0 Å². The predicted octanol–water partition coefficient (Wildman–Crippen LogP) is 2.89. The van der Waals surface area contributed by atoms with Crippen LogP contribution in [0.3, 0.4) is 0 Å². The van der Waals surface area contributed by atoms with Crippen LogP contribution in [0, 0.1) is 5.82 Å². The Kier molecular flexibility index (Phi) is 3.76. The van der Waals surface area contributed by atoms with Crippen molar-refractivity contribution in [2.24, 2.45) is 0 Å². The molecule has 1 unspecified atom stereocenters. The maximum Gasteiger partial charge on any atom is 0.123 e. The summed E-state index contributed by atoms with van der Waals surface area (Å²) in [5, 5.41) is 0.946. The van der Waals surface area contributed by atoms with Crippen molar-refractivity contribution in [3.63, 3.8) is 0 Å². The minimum absolute atomic E-state index is 0.185. The van der Waals surface area contributed by atoms with Crippen LogP contribution in [0.1, 0.15) is 13.8 Å². The Labute approximate surface area is 118 Å². The van der Waals surface area contributed by atoms with Crippen molar-refractivity contribution >= 4 is 10.9 Å². The Bertz CT molecular complexity index is 593. The van der Waals surface area contributed by atoms with Crippen molar-refractivity contribution in [3.05, 3.63) is 36.3 Å². The van der Waals surface area contributed by atoms with Gasteiger partial charge in [-0.3, -0.25) is 4.90 Å². The number of benzene rings is 1. The van der Waals surface area contributed by atoms with Crippen molar-refractivity contribution in [1.29, 1.82) is 0 Å². The van der Waals surface area contributed by atoms with E-state index in [9.17, 15) is 4.39 Å².